The van der Waals surface area contributed by atoms with Gasteiger partial charge in [-0.15, -0.1) is 0 Å². The third-order valence-electron chi connectivity index (χ3n) is 2.77. The summed E-state index contributed by atoms with van der Waals surface area (Å²) in [4.78, 5) is 26.2. The highest BCUT2D eigenvalue weighted by Crippen LogP contribution is 2.57. The van der Waals surface area contributed by atoms with Crippen molar-refractivity contribution in [3.8, 4) is 0 Å². The van der Waals surface area contributed by atoms with Gasteiger partial charge in [-0.25, -0.2) is 9.13 Å². The Hall–Kier alpha value is -0.640. The van der Waals surface area contributed by atoms with Gasteiger partial charge in [-0.3, -0.25) is 4.52 Å². The monoisotopic (exact) mass is 436 g/mol. The molecule has 10 nitrogen and oxygen atoms in total. The van der Waals surface area contributed by atoms with E-state index in [1.165, 1.54) is 5.57 Å². The molecule has 0 aliphatic rings. The van der Waals surface area contributed by atoms with Crippen LogP contribution < -0.4 is 18.5 Å². The second-order valence-electron chi connectivity index (χ2n) is 5.48. The third-order valence-corrected chi connectivity index (χ3v) is 4.93. The lowest BCUT2D eigenvalue weighted by Crippen LogP contribution is -1.94. The minimum absolute atomic E-state index is 0. The first kappa shape index (κ1) is 26.4. The lowest BCUT2D eigenvalue weighted by atomic mass is 10.1. The molecule has 0 aromatic heterocycles. The van der Waals surface area contributed by atoms with Crippen molar-refractivity contribution >= 4 is 15.6 Å². The Balaban J connectivity index is -0.00000113. The molecule has 0 aliphatic carbocycles. The van der Waals surface area contributed by atoms with Gasteiger partial charge >= 0.3 is 15.6 Å². The fourth-order valence-corrected chi connectivity index (χ4v) is 3.18. The second kappa shape index (κ2) is 16.3. The summed E-state index contributed by atoms with van der Waals surface area (Å²) in [6.45, 7) is 2.94. The molecule has 1 atom stereocenters. The summed E-state index contributed by atoms with van der Waals surface area (Å²) < 4.78 is 52.4. The fourth-order valence-electron chi connectivity index (χ4n) is 1.66. The lowest BCUT2D eigenvalue weighted by molar-refractivity contribution is 0.191. The van der Waals surface area contributed by atoms with Crippen LogP contribution in [-0.4, -0.2) is 21.3 Å². The van der Waals surface area contributed by atoms with E-state index in [0.717, 1.165) is 24.5 Å². The van der Waals surface area contributed by atoms with Crippen LogP contribution in [0.3, 0.4) is 0 Å². The van der Waals surface area contributed by atoms with Gasteiger partial charge < -0.3 is 33.1 Å². The minimum atomic E-state index is -5.21. The topological polar surface area (TPSA) is 218 Å². The first-order valence-electron chi connectivity index (χ1n) is 8.85. The molecule has 27 heavy (non-hydrogen) atoms. The highest BCUT2D eigenvalue weighted by Gasteiger charge is 2.31. The largest absolute Gasteiger partial charge is 0.481 e. The summed E-state index contributed by atoms with van der Waals surface area (Å²) in [6, 6.07) is 0. The number of hydrogen-bond donors (Lipinski definition) is 6. The van der Waals surface area contributed by atoms with Crippen LogP contribution in [0.2, 0.25) is 0 Å². The number of phosphoric acid groups is 2. The van der Waals surface area contributed by atoms with Gasteiger partial charge in [0.2, 0.25) is 0 Å². The fraction of sp³-hybridized carbons (Fsp3) is 0.600. The lowest BCUT2D eigenvalue weighted by Gasteiger charge is -2.11. The number of rotatable bonds is 11. The van der Waals surface area contributed by atoms with Crippen LogP contribution in [0.4, 0.5) is 0 Å². The van der Waals surface area contributed by atoms with Crippen molar-refractivity contribution in [2.24, 2.45) is 0 Å². The van der Waals surface area contributed by atoms with Gasteiger partial charge in [0.25, 0.3) is 0 Å². The zero-order valence-electron chi connectivity index (χ0n) is 19.3. The molecule has 0 aromatic rings. The minimum Gasteiger partial charge on any atom is -0.344 e. The van der Waals surface area contributed by atoms with Crippen molar-refractivity contribution in [2.45, 2.75) is 53.3 Å². The Kier molecular flexibility index (Phi) is 15.9. The molecule has 0 bridgehead atoms. The van der Waals surface area contributed by atoms with Gasteiger partial charge in [0, 0.05) is 4.11 Å². The Morgan fingerprint density at radius 2 is 1.44 bits per heavy atom. The van der Waals surface area contributed by atoms with Gasteiger partial charge in [-0.1, -0.05) is 34.9 Å². The third kappa shape index (κ3) is 23.3. The standard InChI is InChI=1S/C15H28O7P2.3H3N/c1-13(2)7-5-8-14(3)9-6-10-15(4)11-12-21-24(19,20)22-23(16,17)18;;;/h7,9,11H,5-6,8,10,12H2,1-4H3,(H,19,20)(H2,16,17,18);3*1H3/b14-9+,15-11+;;;/i4D3;;;. The van der Waals surface area contributed by atoms with E-state index in [0.29, 0.717) is 6.42 Å². The molecule has 164 valence electrons. The molecule has 0 saturated carbocycles. The van der Waals surface area contributed by atoms with Gasteiger partial charge in [0.1, 0.15) is 0 Å². The van der Waals surface area contributed by atoms with E-state index in [-0.39, 0.29) is 30.4 Å². The van der Waals surface area contributed by atoms with E-state index in [1.807, 2.05) is 26.8 Å². The molecule has 0 aromatic carbocycles. The Bertz CT molecular complexity index is 673. The van der Waals surface area contributed by atoms with E-state index in [9.17, 15) is 14.0 Å². The Labute approximate surface area is 166 Å². The van der Waals surface area contributed by atoms with Crippen LogP contribution in [0.15, 0.2) is 34.9 Å². The average Bonchev–Trinajstić information content (AvgIpc) is 2.41. The molecule has 0 saturated heterocycles. The van der Waals surface area contributed by atoms with Crippen LogP contribution in [0.25, 0.3) is 0 Å². The van der Waals surface area contributed by atoms with E-state index >= 15 is 0 Å². The van der Waals surface area contributed by atoms with E-state index in [4.69, 9.17) is 13.9 Å². The average molecular weight is 436 g/mol. The maximum Gasteiger partial charge on any atom is 0.481 e. The summed E-state index contributed by atoms with van der Waals surface area (Å²) in [5.74, 6) is 0. The molecule has 0 radical (unpaired) electrons. The first-order chi connectivity index (χ1) is 12.1. The zero-order chi connectivity index (χ0) is 21.3. The molecule has 0 fully saturated rings. The van der Waals surface area contributed by atoms with E-state index < -0.39 is 29.1 Å². The maximum atomic E-state index is 11.3. The molecule has 0 heterocycles. The van der Waals surface area contributed by atoms with Crippen LogP contribution in [0.5, 0.6) is 0 Å². The van der Waals surface area contributed by atoms with E-state index in [2.05, 4.69) is 14.9 Å². The summed E-state index contributed by atoms with van der Waals surface area (Å²) in [7, 11) is -10.2. The predicted octanol–water partition coefficient (Wildman–Crippen LogP) is 5.12. The summed E-state index contributed by atoms with van der Waals surface area (Å²) in [6.07, 6.45) is 7.60. The van der Waals surface area contributed by atoms with Gasteiger partial charge in [-0.05, 0) is 53.3 Å². The SMILES string of the molecule is N.N.N.[2H]C([2H])([2H])/C(=C\COP(=O)(O)OP(=O)(O)O)CC/C=C(\C)CCC=C(C)C. The first-order valence-corrected chi connectivity index (χ1v) is 10.4. The van der Waals surface area contributed by atoms with Crippen molar-refractivity contribution in [3.63, 3.8) is 0 Å². The Morgan fingerprint density at radius 1 is 0.926 bits per heavy atom. The highest BCUT2D eigenvalue weighted by atomic mass is 31.3. The van der Waals surface area contributed by atoms with E-state index in [1.54, 1.807) is 0 Å². The Morgan fingerprint density at radius 3 is 1.93 bits per heavy atom. The number of allylic oxidation sites excluding steroid dienone is 5. The summed E-state index contributed by atoms with van der Waals surface area (Å²) in [5.41, 5.74) is 2.38. The van der Waals surface area contributed by atoms with Crippen molar-refractivity contribution in [1.82, 2.24) is 18.5 Å². The smallest absolute Gasteiger partial charge is 0.344 e. The number of hydrogen-bond acceptors (Lipinski definition) is 7. The summed E-state index contributed by atoms with van der Waals surface area (Å²) in [5, 5.41) is 0. The van der Waals surface area contributed by atoms with Crippen LogP contribution >= 0.6 is 15.6 Å². The van der Waals surface area contributed by atoms with Crippen molar-refractivity contribution in [2.75, 3.05) is 6.61 Å². The quantitative estimate of drug-likeness (QED) is 0.185. The summed E-state index contributed by atoms with van der Waals surface area (Å²) >= 11 is 0. The molecule has 12 N–H and O–H groups in total. The normalized spacial score (nSPS) is 16.3. The molecule has 1 unspecified atom stereocenters. The molecule has 0 spiro atoms. The van der Waals surface area contributed by atoms with Gasteiger partial charge in [-0.2, -0.15) is 4.31 Å². The van der Waals surface area contributed by atoms with Gasteiger partial charge in [0.05, 0.1) is 6.61 Å². The predicted molar refractivity (Wildman–Crippen MR) is 109 cm³/mol. The van der Waals surface area contributed by atoms with Crippen LogP contribution in [-0.2, 0) is 18.0 Å². The molecule has 12 heteroatoms. The van der Waals surface area contributed by atoms with Crippen molar-refractivity contribution in [1.29, 1.82) is 0 Å². The van der Waals surface area contributed by atoms with Crippen molar-refractivity contribution in [3.05, 3.63) is 34.9 Å². The second-order valence-corrected chi connectivity index (χ2v) is 8.30. The molecular formula is C15H37N3O7P2. The maximum absolute atomic E-state index is 11.3. The van der Waals surface area contributed by atoms with Crippen molar-refractivity contribution < 1.29 is 36.8 Å². The molecule has 0 rings (SSSR count). The van der Waals surface area contributed by atoms with Crippen LogP contribution in [0, 0.1) is 0 Å². The molecule has 0 amide bonds. The molecular weight excluding hydrogens is 396 g/mol. The molecule has 0 aliphatic heterocycles. The van der Waals surface area contributed by atoms with Gasteiger partial charge in [0.15, 0.2) is 0 Å². The zero-order valence-corrected chi connectivity index (χ0v) is 18.0. The highest BCUT2D eigenvalue weighted by molar-refractivity contribution is 7.60. The number of phosphoric ester groups is 1. The van der Waals surface area contributed by atoms with Crippen LogP contribution in [0.1, 0.15) is 57.4 Å².